The number of aromatic nitrogens is 3. The summed E-state index contributed by atoms with van der Waals surface area (Å²) in [4.78, 5) is 2.16. The van der Waals surface area contributed by atoms with Gasteiger partial charge >= 0.3 is 6.43 Å². The molecular weight excluding hydrogens is 470 g/mol. The lowest BCUT2D eigenvalue weighted by atomic mass is 10.0. The van der Waals surface area contributed by atoms with E-state index in [1.165, 1.54) is 6.20 Å². The van der Waals surface area contributed by atoms with Crippen molar-refractivity contribution in [1.82, 2.24) is 24.6 Å². The maximum atomic E-state index is 13.3. The number of fused-ring (bicyclic) bond motifs is 1. The second-order valence-electron chi connectivity index (χ2n) is 9.31. The first-order valence-electron chi connectivity index (χ1n) is 10.9. The van der Waals surface area contributed by atoms with E-state index in [1.807, 2.05) is 0 Å². The van der Waals surface area contributed by atoms with Crippen LogP contribution < -0.4 is 14.9 Å². The van der Waals surface area contributed by atoms with Crippen molar-refractivity contribution in [2.45, 2.75) is 49.7 Å². The number of piperazine rings is 1. The molecule has 3 aromatic heterocycles. The van der Waals surface area contributed by atoms with Gasteiger partial charge in [0, 0.05) is 31.4 Å². The van der Waals surface area contributed by atoms with Crippen LogP contribution in [0.5, 0.6) is 0 Å². The Hall–Kier alpha value is -2.61. The minimum Gasteiger partial charge on any atom is -0.414 e. The van der Waals surface area contributed by atoms with E-state index in [9.17, 15) is 17.2 Å². The smallest absolute Gasteiger partial charge is 0.314 e. The summed E-state index contributed by atoms with van der Waals surface area (Å²) in [6.45, 7) is 7.79. The zero-order valence-electron chi connectivity index (χ0n) is 19.0. The Kier molecular flexibility index (Phi) is 5.62. The Labute approximate surface area is 195 Å². The van der Waals surface area contributed by atoms with E-state index in [2.05, 4.69) is 39.0 Å². The van der Waals surface area contributed by atoms with Gasteiger partial charge in [-0.1, -0.05) is 0 Å². The van der Waals surface area contributed by atoms with E-state index in [-0.39, 0.29) is 36.1 Å². The average molecular weight is 497 g/mol. The third-order valence-corrected chi connectivity index (χ3v) is 7.60. The minimum atomic E-state index is -3.92. The Morgan fingerprint density at radius 1 is 1.21 bits per heavy atom. The summed E-state index contributed by atoms with van der Waals surface area (Å²) in [5.41, 5.74) is 1.04. The molecule has 2 aliphatic rings. The summed E-state index contributed by atoms with van der Waals surface area (Å²) in [6.07, 6.45) is -1.46. The van der Waals surface area contributed by atoms with Crippen molar-refractivity contribution in [2.75, 3.05) is 31.2 Å². The lowest BCUT2D eigenvalue weighted by Crippen LogP contribution is -2.59. The standard InChI is InChI=1S/C21H26F2N6O4S/c1-12-7-28(8-13(2)24-12)17-6-14(34(30,31)27-21(3)10-32-11-21)9-29-15(17)4-5-16(29)19-25-26-20(33-19)18(22)23/h4-6,9,12-13,18,24,27H,7-8,10-11H2,1-3H3/t12-,13-/m0/s1. The molecule has 5 heterocycles. The molecule has 5 rings (SSSR count). The van der Waals surface area contributed by atoms with E-state index in [0.29, 0.717) is 30.0 Å². The van der Waals surface area contributed by atoms with Crippen LogP contribution in [0.25, 0.3) is 17.1 Å². The fraction of sp³-hybridized carbons (Fsp3) is 0.524. The highest BCUT2D eigenvalue weighted by atomic mass is 32.2. The molecule has 0 aromatic carbocycles. The topological polar surface area (TPSA) is 114 Å². The molecule has 0 saturated carbocycles. The van der Waals surface area contributed by atoms with Crippen LogP contribution in [-0.4, -0.2) is 66.9 Å². The van der Waals surface area contributed by atoms with Gasteiger partial charge in [-0.2, -0.15) is 8.78 Å². The van der Waals surface area contributed by atoms with E-state index < -0.39 is 27.9 Å². The van der Waals surface area contributed by atoms with Gasteiger partial charge in [-0.3, -0.25) is 0 Å². The summed E-state index contributed by atoms with van der Waals surface area (Å²) < 4.78 is 67.4. The zero-order chi connectivity index (χ0) is 24.3. The number of hydrogen-bond acceptors (Lipinski definition) is 8. The molecule has 13 heteroatoms. The molecule has 0 aliphatic carbocycles. The van der Waals surface area contributed by atoms with Gasteiger partial charge in [0.15, 0.2) is 0 Å². The molecule has 0 radical (unpaired) electrons. The molecule has 2 N–H and O–H groups in total. The number of hydrogen-bond donors (Lipinski definition) is 2. The molecule has 0 unspecified atom stereocenters. The molecule has 2 atom stereocenters. The number of nitrogens with one attached hydrogen (secondary N) is 2. The van der Waals surface area contributed by atoms with Crippen molar-refractivity contribution in [3.8, 4) is 11.6 Å². The number of nitrogens with zero attached hydrogens (tertiary/aromatic N) is 4. The largest absolute Gasteiger partial charge is 0.414 e. The molecule has 10 nitrogen and oxygen atoms in total. The van der Waals surface area contributed by atoms with Gasteiger partial charge < -0.3 is 23.8 Å². The highest BCUT2D eigenvalue weighted by molar-refractivity contribution is 7.89. The van der Waals surface area contributed by atoms with Crippen molar-refractivity contribution < 1.29 is 26.4 Å². The highest BCUT2D eigenvalue weighted by Crippen LogP contribution is 2.33. The van der Waals surface area contributed by atoms with Crippen LogP contribution in [0.3, 0.4) is 0 Å². The summed E-state index contributed by atoms with van der Waals surface area (Å²) in [6, 6.07) is 5.47. The number of anilines is 1. The maximum Gasteiger partial charge on any atom is 0.314 e. The van der Waals surface area contributed by atoms with Gasteiger partial charge in [0.1, 0.15) is 10.6 Å². The molecule has 34 heavy (non-hydrogen) atoms. The third kappa shape index (κ3) is 4.17. The van der Waals surface area contributed by atoms with Crippen molar-refractivity contribution in [3.63, 3.8) is 0 Å². The number of alkyl halides is 2. The predicted octanol–water partition coefficient (Wildman–Crippen LogP) is 2.18. The molecule has 3 aromatic rings. The van der Waals surface area contributed by atoms with Gasteiger partial charge in [-0.15, -0.1) is 10.2 Å². The number of sulfonamides is 1. The van der Waals surface area contributed by atoms with E-state index in [4.69, 9.17) is 9.15 Å². The Bertz CT molecular complexity index is 1310. The van der Waals surface area contributed by atoms with E-state index in [1.54, 1.807) is 29.5 Å². The fourth-order valence-corrected chi connectivity index (χ4v) is 5.94. The molecule has 2 fully saturated rings. The average Bonchev–Trinajstić information content (AvgIpc) is 3.38. The summed E-state index contributed by atoms with van der Waals surface area (Å²) in [5, 5.41) is 10.6. The zero-order valence-corrected chi connectivity index (χ0v) is 19.8. The number of pyridine rings is 1. The first-order chi connectivity index (χ1) is 16.0. The van der Waals surface area contributed by atoms with Crippen molar-refractivity contribution in [3.05, 3.63) is 30.3 Å². The van der Waals surface area contributed by atoms with Crippen molar-refractivity contribution >= 4 is 21.2 Å². The lowest BCUT2D eigenvalue weighted by molar-refractivity contribution is -0.0523. The van der Waals surface area contributed by atoms with Crippen LogP contribution in [0.15, 0.2) is 33.7 Å². The predicted molar refractivity (Wildman–Crippen MR) is 119 cm³/mol. The molecule has 0 amide bonds. The van der Waals surface area contributed by atoms with Crippen molar-refractivity contribution in [2.24, 2.45) is 0 Å². The number of halogens is 2. The quantitative estimate of drug-likeness (QED) is 0.534. The van der Waals surface area contributed by atoms with Crippen LogP contribution in [0, 0.1) is 0 Å². The molecule has 2 saturated heterocycles. The monoisotopic (exact) mass is 496 g/mol. The Balaban J connectivity index is 1.65. The van der Waals surface area contributed by atoms with Crippen LogP contribution in [0.4, 0.5) is 14.5 Å². The Morgan fingerprint density at radius 3 is 2.50 bits per heavy atom. The number of rotatable bonds is 6. The van der Waals surface area contributed by atoms with Gasteiger partial charge in [0.05, 0.1) is 30.0 Å². The first-order valence-corrected chi connectivity index (χ1v) is 12.4. The summed E-state index contributed by atoms with van der Waals surface area (Å²) in [5.74, 6) is -0.913. The van der Waals surface area contributed by atoms with Gasteiger partial charge in [0.2, 0.25) is 10.0 Å². The fourth-order valence-electron chi connectivity index (χ4n) is 4.54. The van der Waals surface area contributed by atoms with E-state index in [0.717, 1.165) is 0 Å². The molecule has 184 valence electrons. The van der Waals surface area contributed by atoms with Crippen LogP contribution in [-0.2, 0) is 14.8 Å². The van der Waals surface area contributed by atoms with E-state index >= 15 is 0 Å². The normalized spacial score (nSPS) is 22.9. The van der Waals surface area contributed by atoms with Gasteiger partial charge in [-0.25, -0.2) is 13.1 Å². The van der Waals surface area contributed by atoms with Gasteiger partial charge in [-0.05, 0) is 39.0 Å². The summed E-state index contributed by atoms with van der Waals surface area (Å²) in [7, 11) is -3.92. The second-order valence-corrected chi connectivity index (χ2v) is 11.0. The SMILES string of the molecule is C[C@H]1CN(c2cc(S(=O)(=O)NC3(C)COC3)cn3c(-c4nnc(C(F)F)o4)ccc23)C[C@H](C)N1. The van der Waals surface area contributed by atoms with Crippen LogP contribution in [0.2, 0.25) is 0 Å². The first kappa shape index (κ1) is 23.1. The van der Waals surface area contributed by atoms with Gasteiger partial charge in [0.25, 0.3) is 11.8 Å². The second kappa shape index (κ2) is 8.26. The minimum absolute atomic E-state index is 0.0352. The highest BCUT2D eigenvalue weighted by Gasteiger charge is 2.38. The molecule has 0 spiro atoms. The van der Waals surface area contributed by atoms with Crippen LogP contribution in [0.1, 0.15) is 33.1 Å². The molecular formula is C21H26F2N6O4S. The third-order valence-electron chi connectivity index (χ3n) is 5.99. The number of ether oxygens (including phenoxy) is 1. The van der Waals surface area contributed by atoms with Crippen LogP contribution >= 0.6 is 0 Å². The Morgan fingerprint density at radius 2 is 1.91 bits per heavy atom. The lowest BCUT2D eigenvalue weighted by Gasteiger charge is -2.39. The molecule has 2 aliphatic heterocycles. The summed E-state index contributed by atoms with van der Waals surface area (Å²) >= 11 is 0. The van der Waals surface area contributed by atoms with Crippen molar-refractivity contribution in [1.29, 1.82) is 0 Å². The maximum absolute atomic E-state index is 13.3. The molecule has 0 bridgehead atoms.